The molecule has 2 aromatic carbocycles. The molecular formula is C12H6Cl4O. The molecule has 88 valence electrons. The highest BCUT2D eigenvalue weighted by Crippen LogP contribution is 2.40. The van der Waals surface area contributed by atoms with Gasteiger partial charge < -0.3 is 5.11 Å². The number of aromatic hydroxyl groups is 1. The van der Waals surface area contributed by atoms with Crippen molar-refractivity contribution in [2.24, 2.45) is 0 Å². The Labute approximate surface area is 118 Å². The summed E-state index contributed by atoms with van der Waals surface area (Å²) in [6.07, 6.45) is 0. The summed E-state index contributed by atoms with van der Waals surface area (Å²) in [6, 6.07) is 8.40. The highest BCUT2D eigenvalue weighted by atomic mass is 35.5. The molecule has 0 amide bonds. The molecule has 0 saturated carbocycles. The smallest absolute Gasteiger partial charge is 0.153 e. The van der Waals surface area contributed by atoms with Gasteiger partial charge in [-0.15, -0.1) is 0 Å². The van der Waals surface area contributed by atoms with Crippen molar-refractivity contribution in [3.63, 3.8) is 0 Å². The van der Waals surface area contributed by atoms with Crippen LogP contribution in [-0.4, -0.2) is 5.11 Å². The molecule has 1 N–H and O–H groups in total. The second-order valence-electron chi connectivity index (χ2n) is 3.39. The molecular weight excluding hydrogens is 302 g/mol. The molecule has 17 heavy (non-hydrogen) atoms. The number of benzene rings is 2. The quantitative estimate of drug-likeness (QED) is 0.719. The fourth-order valence-electron chi connectivity index (χ4n) is 1.43. The van der Waals surface area contributed by atoms with Crippen LogP contribution in [0.5, 0.6) is 5.75 Å². The maximum Gasteiger partial charge on any atom is 0.153 e. The standard InChI is InChI=1S/C12H6Cl4O/c13-8-3-1-6(5-10(8)15)7-2-4-9(14)12(17)11(7)16/h1-5,17H. The van der Waals surface area contributed by atoms with Crippen molar-refractivity contribution >= 4 is 46.4 Å². The largest absolute Gasteiger partial charge is 0.505 e. The van der Waals surface area contributed by atoms with Gasteiger partial charge in [0.25, 0.3) is 0 Å². The van der Waals surface area contributed by atoms with Crippen molar-refractivity contribution in [2.75, 3.05) is 0 Å². The van der Waals surface area contributed by atoms with Crippen molar-refractivity contribution in [1.29, 1.82) is 0 Å². The van der Waals surface area contributed by atoms with Crippen molar-refractivity contribution < 1.29 is 5.11 Å². The number of hydrogen-bond acceptors (Lipinski definition) is 1. The topological polar surface area (TPSA) is 20.2 Å². The molecule has 5 heteroatoms. The summed E-state index contributed by atoms with van der Waals surface area (Å²) in [4.78, 5) is 0. The summed E-state index contributed by atoms with van der Waals surface area (Å²) in [5.74, 6) is -0.142. The van der Waals surface area contributed by atoms with Gasteiger partial charge in [0.05, 0.1) is 20.1 Å². The molecule has 0 bridgehead atoms. The van der Waals surface area contributed by atoms with E-state index in [2.05, 4.69) is 0 Å². The number of halogens is 4. The van der Waals surface area contributed by atoms with Gasteiger partial charge in [-0.05, 0) is 23.8 Å². The van der Waals surface area contributed by atoms with Crippen molar-refractivity contribution in [3.8, 4) is 16.9 Å². The van der Waals surface area contributed by atoms with E-state index in [0.29, 0.717) is 15.6 Å². The van der Waals surface area contributed by atoms with Crippen LogP contribution in [0.25, 0.3) is 11.1 Å². The number of phenols is 1. The summed E-state index contributed by atoms with van der Waals surface area (Å²) in [5.41, 5.74) is 1.41. The summed E-state index contributed by atoms with van der Waals surface area (Å²) >= 11 is 23.5. The molecule has 2 aromatic rings. The first kappa shape index (κ1) is 12.8. The molecule has 0 aliphatic heterocycles. The zero-order chi connectivity index (χ0) is 12.6. The van der Waals surface area contributed by atoms with Gasteiger partial charge in [-0.2, -0.15) is 0 Å². The lowest BCUT2D eigenvalue weighted by molar-refractivity contribution is 0.476. The number of hydrogen-bond donors (Lipinski definition) is 1. The fourth-order valence-corrected chi connectivity index (χ4v) is 2.21. The van der Waals surface area contributed by atoms with Gasteiger partial charge in [-0.1, -0.05) is 58.5 Å². The molecule has 0 fully saturated rings. The molecule has 0 unspecified atom stereocenters. The van der Waals surface area contributed by atoms with E-state index in [1.54, 1.807) is 30.3 Å². The Morgan fingerprint density at radius 1 is 0.765 bits per heavy atom. The zero-order valence-corrected chi connectivity index (χ0v) is 11.4. The van der Waals surface area contributed by atoms with Crippen LogP contribution in [0, 0.1) is 0 Å². The maximum absolute atomic E-state index is 9.65. The monoisotopic (exact) mass is 306 g/mol. The normalized spacial score (nSPS) is 10.6. The SMILES string of the molecule is Oc1c(Cl)ccc(-c2ccc(Cl)c(Cl)c2)c1Cl. The minimum atomic E-state index is -0.142. The first-order chi connectivity index (χ1) is 8.00. The van der Waals surface area contributed by atoms with Crippen LogP contribution in [0.4, 0.5) is 0 Å². The van der Waals surface area contributed by atoms with Crippen LogP contribution < -0.4 is 0 Å². The van der Waals surface area contributed by atoms with Gasteiger partial charge in [0.1, 0.15) is 0 Å². The Balaban J connectivity index is 2.61. The maximum atomic E-state index is 9.65. The van der Waals surface area contributed by atoms with Crippen LogP contribution in [0.1, 0.15) is 0 Å². The van der Waals surface area contributed by atoms with Crippen LogP contribution in [0.15, 0.2) is 30.3 Å². The van der Waals surface area contributed by atoms with E-state index in [1.807, 2.05) is 0 Å². The Hall–Kier alpha value is -0.600. The van der Waals surface area contributed by atoms with Gasteiger partial charge >= 0.3 is 0 Å². The third kappa shape index (κ3) is 2.48. The second kappa shape index (κ2) is 4.95. The first-order valence-electron chi connectivity index (χ1n) is 4.63. The molecule has 0 aliphatic carbocycles. The lowest BCUT2D eigenvalue weighted by atomic mass is 10.1. The van der Waals surface area contributed by atoms with E-state index >= 15 is 0 Å². The van der Waals surface area contributed by atoms with Gasteiger partial charge in [-0.3, -0.25) is 0 Å². The van der Waals surface area contributed by atoms with Crippen LogP contribution >= 0.6 is 46.4 Å². The van der Waals surface area contributed by atoms with Crippen molar-refractivity contribution in [3.05, 3.63) is 50.4 Å². The Morgan fingerprint density at radius 3 is 2.06 bits per heavy atom. The first-order valence-corrected chi connectivity index (χ1v) is 6.14. The molecule has 0 aliphatic rings. The Kier molecular flexibility index (Phi) is 3.74. The minimum absolute atomic E-state index is 0.142. The van der Waals surface area contributed by atoms with Crippen LogP contribution in [-0.2, 0) is 0 Å². The molecule has 0 spiro atoms. The third-order valence-electron chi connectivity index (χ3n) is 2.30. The van der Waals surface area contributed by atoms with Gasteiger partial charge in [0, 0.05) is 5.56 Å². The molecule has 2 rings (SSSR count). The summed E-state index contributed by atoms with van der Waals surface area (Å²) in [7, 11) is 0. The molecule has 1 nitrogen and oxygen atoms in total. The van der Waals surface area contributed by atoms with Gasteiger partial charge in [-0.25, -0.2) is 0 Å². The third-order valence-corrected chi connectivity index (χ3v) is 3.72. The lowest BCUT2D eigenvalue weighted by Crippen LogP contribution is -1.82. The second-order valence-corrected chi connectivity index (χ2v) is 4.99. The Morgan fingerprint density at radius 2 is 1.41 bits per heavy atom. The average molecular weight is 308 g/mol. The highest BCUT2D eigenvalue weighted by molar-refractivity contribution is 6.42. The van der Waals surface area contributed by atoms with Crippen molar-refractivity contribution in [1.82, 2.24) is 0 Å². The average Bonchev–Trinajstić information content (AvgIpc) is 2.30. The summed E-state index contributed by atoms with van der Waals surface area (Å²) in [5, 5.41) is 10.9. The van der Waals surface area contributed by atoms with E-state index < -0.39 is 0 Å². The molecule has 0 atom stereocenters. The van der Waals surface area contributed by atoms with E-state index in [0.717, 1.165) is 5.56 Å². The minimum Gasteiger partial charge on any atom is -0.505 e. The van der Waals surface area contributed by atoms with E-state index in [4.69, 9.17) is 46.4 Å². The lowest BCUT2D eigenvalue weighted by Gasteiger charge is -2.08. The van der Waals surface area contributed by atoms with Crippen molar-refractivity contribution in [2.45, 2.75) is 0 Å². The molecule has 0 radical (unpaired) electrons. The molecule has 0 saturated heterocycles. The fraction of sp³-hybridized carbons (Fsp3) is 0. The number of phenolic OH excluding ortho intramolecular Hbond substituents is 1. The van der Waals surface area contributed by atoms with E-state index in [1.165, 1.54) is 0 Å². The zero-order valence-electron chi connectivity index (χ0n) is 8.35. The molecule has 0 aromatic heterocycles. The van der Waals surface area contributed by atoms with Gasteiger partial charge in [0.2, 0.25) is 0 Å². The van der Waals surface area contributed by atoms with Crippen LogP contribution in [0.2, 0.25) is 20.1 Å². The summed E-state index contributed by atoms with van der Waals surface area (Å²) in [6.45, 7) is 0. The van der Waals surface area contributed by atoms with E-state index in [9.17, 15) is 5.11 Å². The Bertz CT molecular complexity index is 581. The predicted octanol–water partition coefficient (Wildman–Crippen LogP) is 5.67. The number of rotatable bonds is 1. The molecule has 0 heterocycles. The predicted molar refractivity (Wildman–Crippen MR) is 73.6 cm³/mol. The van der Waals surface area contributed by atoms with Gasteiger partial charge in [0.15, 0.2) is 5.75 Å². The van der Waals surface area contributed by atoms with E-state index in [-0.39, 0.29) is 15.8 Å². The summed E-state index contributed by atoms with van der Waals surface area (Å²) < 4.78 is 0. The van der Waals surface area contributed by atoms with Crippen LogP contribution in [0.3, 0.4) is 0 Å². The highest BCUT2D eigenvalue weighted by Gasteiger charge is 2.12.